The smallest absolute Gasteiger partial charge is 0.243 e. The number of guanidine groups is 1. The van der Waals surface area contributed by atoms with Gasteiger partial charge in [0.1, 0.15) is 12.4 Å². The summed E-state index contributed by atoms with van der Waals surface area (Å²) in [5.41, 5.74) is 0. The van der Waals surface area contributed by atoms with E-state index in [1.807, 2.05) is 4.68 Å². The molecule has 0 aromatic carbocycles. The second-order valence-electron chi connectivity index (χ2n) is 7.47. The fourth-order valence-corrected chi connectivity index (χ4v) is 2.73. The number of halogens is 1. The standard InChI is InChI=1S/C17H29N7O.HI/c1-11(2)16-21-14-8-7-13(10-24(14)22-16)20-17(19-12-5-6-12)18-9-15(25)23(3)4;/h11-13H,5-10H2,1-4H3,(H2,18,19,20);1H. The zero-order chi connectivity index (χ0) is 18.0. The lowest BCUT2D eigenvalue weighted by Gasteiger charge is -2.25. The minimum Gasteiger partial charge on any atom is -0.354 e. The Hall–Kier alpha value is -1.39. The van der Waals surface area contributed by atoms with Crippen LogP contribution in [-0.2, 0) is 17.8 Å². The number of likely N-dealkylation sites (N-methyl/N-ethyl adjacent to an activating group) is 1. The molecule has 1 aromatic rings. The van der Waals surface area contributed by atoms with Gasteiger partial charge in [0.2, 0.25) is 5.91 Å². The minimum atomic E-state index is 0. The number of nitrogens with one attached hydrogen (secondary N) is 2. The SMILES string of the molecule is CC(C)c1nc2n(n1)CC(NC(=NCC(=O)N(C)C)NC1CC1)CC2.I. The predicted molar refractivity (Wildman–Crippen MR) is 112 cm³/mol. The van der Waals surface area contributed by atoms with Gasteiger partial charge in [0, 0.05) is 38.5 Å². The van der Waals surface area contributed by atoms with Gasteiger partial charge in [0.15, 0.2) is 11.8 Å². The van der Waals surface area contributed by atoms with Crippen molar-refractivity contribution in [3.05, 3.63) is 11.6 Å². The van der Waals surface area contributed by atoms with Crippen molar-refractivity contribution < 1.29 is 4.79 Å². The van der Waals surface area contributed by atoms with Crippen LogP contribution >= 0.6 is 24.0 Å². The van der Waals surface area contributed by atoms with Crippen LogP contribution in [0.4, 0.5) is 0 Å². The summed E-state index contributed by atoms with van der Waals surface area (Å²) < 4.78 is 2.01. The van der Waals surface area contributed by atoms with Crippen molar-refractivity contribution in [1.82, 2.24) is 30.3 Å². The molecule has 1 fully saturated rings. The molecule has 1 unspecified atom stereocenters. The van der Waals surface area contributed by atoms with Gasteiger partial charge < -0.3 is 15.5 Å². The number of aryl methyl sites for hydroxylation is 1. The second kappa shape index (κ2) is 9.01. The zero-order valence-electron chi connectivity index (χ0n) is 16.0. The first-order chi connectivity index (χ1) is 11.9. The number of carbonyl (C=O) groups excluding carboxylic acids is 1. The number of rotatable bonds is 5. The predicted octanol–water partition coefficient (Wildman–Crippen LogP) is 1.12. The van der Waals surface area contributed by atoms with Crippen molar-refractivity contribution >= 4 is 35.8 Å². The third-order valence-corrected chi connectivity index (χ3v) is 4.52. The summed E-state index contributed by atoms with van der Waals surface area (Å²) in [4.78, 5) is 22.5. The van der Waals surface area contributed by atoms with Gasteiger partial charge in [-0.05, 0) is 19.3 Å². The van der Waals surface area contributed by atoms with Gasteiger partial charge >= 0.3 is 0 Å². The molecule has 1 atom stereocenters. The summed E-state index contributed by atoms with van der Waals surface area (Å²) in [5, 5.41) is 11.5. The first kappa shape index (κ1) is 20.9. The molecule has 0 bridgehead atoms. The van der Waals surface area contributed by atoms with Gasteiger partial charge in [-0.25, -0.2) is 14.7 Å². The summed E-state index contributed by atoms with van der Waals surface area (Å²) in [6.07, 6.45) is 4.23. The van der Waals surface area contributed by atoms with Crippen molar-refractivity contribution in [2.45, 2.75) is 64.1 Å². The molecule has 1 aromatic heterocycles. The maximum atomic E-state index is 11.8. The van der Waals surface area contributed by atoms with Gasteiger partial charge in [-0.15, -0.1) is 24.0 Å². The van der Waals surface area contributed by atoms with E-state index in [9.17, 15) is 4.79 Å². The third-order valence-electron chi connectivity index (χ3n) is 4.52. The van der Waals surface area contributed by atoms with E-state index < -0.39 is 0 Å². The van der Waals surface area contributed by atoms with Crippen LogP contribution in [0.25, 0.3) is 0 Å². The van der Waals surface area contributed by atoms with Gasteiger partial charge in [-0.3, -0.25) is 4.79 Å². The molecule has 1 saturated carbocycles. The van der Waals surface area contributed by atoms with Crippen molar-refractivity contribution in [3.8, 4) is 0 Å². The van der Waals surface area contributed by atoms with E-state index in [0.717, 1.165) is 49.8 Å². The first-order valence-corrected chi connectivity index (χ1v) is 9.13. The summed E-state index contributed by atoms with van der Waals surface area (Å²) >= 11 is 0. The lowest BCUT2D eigenvalue weighted by atomic mass is 10.1. The van der Waals surface area contributed by atoms with Gasteiger partial charge in [-0.1, -0.05) is 13.8 Å². The number of amides is 1. The molecule has 2 heterocycles. The van der Waals surface area contributed by atoms with Crippen LogP contribution in [-0.4, -0.2) is 64.3 Å². The topological polar surface area (TPSA) is 87.4 Å². The number of nitrogens with zero attached hydrogens (tertiary/aromatic N) is 5. The van der Waals surface area contributed by atoms with Crippen LogP contribution in [0, 0.1) is 0 Å². The molecule has 0 spiro atoms. The Morgan fingerprint density at radius 1 is 1.27 bits per heavy atom. The molecule has 1 aliphatic heterocycles. The Morgan fingerprint density at radius 3 is 2.58 bits per heavy atom. The van der Waals surface area contributed by atoms with Gasteiger partial charge in [-0.2, -0.15) is 5.10 Å². The summed E-state index contributed by atoms with van der Waals surface area (Å²) in [6.45, 7) is 5.17. The van der Waals surface area contributed by atoms with Gasteiger partial charge in [0.25, 0.3) is 0 Å². The monoisotopic (exact) mass is 475 g/mol. The molecular formula is C17H30IN7O. The Bertz CT molecular complexity index is 652. The molecule has 3 rings (SSSR count). The molecule has 2 aliphatic rings. The maximum absolute atomic E-state index is 11.8. The number of fused-ring (bicyclic) bond motifs is 1. The quantitative estimate of drug-likeness (QED) is 0.379. The Morgan fingerprint density at radius 2 is 1.96 bits per heavy atom. The fraction of sp³-hybridized carbons (Fsp3) is 0.765. The highest BCUT2D eigenvalue weighted by atomic mass is 127. The van der Waals surface area contributed by atoms with E-state index in [-0.39, 0.29) is 42.5 Å². The van der Waals surface area contributed by atoms with Crippen molar-refractivity contribution in [3.63, 3.8) is 0 Å². The molecule has 0 saturated heterocycles. The molecule has 146 valence electrons. The summed E-state index contributed by atoms with van der Waals surface area (Å²) in [7, 11) is 3.50. The van der Waals surface area contributed by atoms with E-state index in [1.54, 1.807) is 19.0 Å². The molecule has 9 heteroatoms. The van der Waals surface area contributed by atoms with E-state index >= 15 is 0 Å². The van der Waals surface area contributed by atoms with Crippen molar-refractivity contribution in [2.75, 3.05) is 20.6 Å². The Kier molecular flexibility index (Phi) is 7.24. The lowest BCUT2D eigenvalue weighted by Crippen LogP contribution is -2.48. The van der Waals surface area contributed by atoms with E-state index in [2.05, 4.69) is 39.6 Å². The number of aliphatic imine (C=N–C) groups is 1. The fourth-order valence-electron chi connectivity index (χ4n) is 2.73. The van der Waals surface area contributed by atoms with Crippen LogP contribution in [0.15, 0.2) is 4.99 Å². The Labute approximate surface area is 172 Å². The Balaban J connectivity index is 0.00000243. The van der Waals surface area contributed by atoms with E-state index in [4.69, 9.17) is 0 Å². The number of hydrogen-bond acceptors (Lipinski definition) is 4. The third kappa shape index (κ3) is 5.55. The molecular weight excluding hydrogens is 445 g/mol. The highest BCUT2D eigenvalue weighted by Crippen LogP contribution is 2.19. The summed E-state index contributed by atoms with van der Waals surface area (Å²) in [6, 6.07) is 0.729. The van der Waals surface area contributed by atoms with Gasteiger partial charge in [0.05, 0.1) is 6.54 Å². The second-order valence-corrected chi connectivity index (χ2v) is 7.47. The summed E-state index contributed by atoms with van der Waals surface area (Å²) in [5.74, 6) is 3.06. The van der Waals surface area contributed by atoms with Crippen LogP contribution in [0.1, 0.15) is 50.7 Å². The average molecular weight is 475 g/mol. The highest BCUT2D eigenvalue weighted by Gasteiger charge is 2.26. The molecule has 2 N–H and O–H groups in total. The molecule has 8 nitrogen and oxygen atoms in total. The number of hydrogen-bond donors (Lipinski definition) is 2. The van der Waals surface area contributed by atoms with Crippen molar-refractivity contribution in [1.29, 1.82) is 0 Å². The van der Waals surface area contributed by atoms with Crippen LogP contribution in [0.3, 0.4) is 0 Å². The molecule has 1 amide bonds. The molecule has 0 radical (unpaired) electrons. The van der Waals surface area contributed by atoms with Crippen LogP contribution in [0.5, 0.6) is 0 Å². The van der Waals surface area contributed by atoms with E-state index in [0.29, 0.717) is 12.0 Å². The zero-order valence-corrected chi connectivity index (χ0v) is 18.4. The number of carbonyl (C=O) groups is 1. The lowest BCUT2D eigenvalue weighted by molar-refractivity contribution is -0.127. The normalized spacial score (nSPS) is 19.6. The van der Waals surface area contributed by atoms with E-state index in [1.165, 1.54) is 0 Å². The van der Waals surface area contributed by atoms with Crippen LogP contribution in [0.2, 0.25) is 0 Å². The maximum Gasteiger partial charge on any atom is 0.243 e. The van der Waals surface area contributed by atoms with Crippen LogP contribution < -0.4 is 10.6 Å². The molecule has 26 heavy (non-hydrogen) atoms. The van der Waals surface area contributed by atoms with Crippen molar-refractivity contribution in [2.24, 2.45) is 4.99 Å². The first-order valence-electron chi connectivity index (χ1n) is 9.13. The number of aromatic nitrogens is 3. The average Bonchev–Trinajstić information content (AvgIpc) is 3.27. The highest BCUT2D eigenvalue weighted by molar-refractivity contribution is 14.0. The minimum absolute atomic E-state index is 0. The largest absolute Gasteiger partial charge is 0.354 e. The molecule has 1 aliphatic carbocycles.